The maximum atomic E-state index is 10.6. The van der Waals surface area contributed by atoms with E-state index in [4.69, 9.17) is 10.2 Å². The van der Waals surface area contributed by atoms with E-state index in [0.717, 1.165) is 22.3 Å². The van der Waals surface area contributed by atoms with Crippen molar-refractivity contribution in [1.82, 2.24) is 0 Å². The summed E-state index contributed by atoms with van der Waals surface area (Å²) in [5.74, 6) is -1.71. The quantitative estimate of drug-likeness (QED) is 0.879. The minimum Gasteiger partial charge on any atom is -0.478 e. The van der Waals surface area contributed by atoms with Crippen LogP contribution in [0.4, 0.5) is 0 Å². The molecule has 0 unspecified atom stereocenters. The molecule has 2 aromatic rings. The maximum absolute atomic E-state index is 10.6. The molecule has 0 aliphatic carbocycles. The number of rotatable bonds is 2. The summed E-state index contributed by atoms with van der Waals surface area (Å²) in [6.07, 6.45) is 0. The zero-order valence-corrected chi connectivity index (χ0v) is 13.2. The zero-order chi connectivity index (χ0) is 16.9. The van der Waals surface area contributed by atoms with Crippen LogP contribution in [0.25, 0.3) is 0 Å². The minimum atomic E-state index is -0.859. The predicted molar refractivity (Wildman–Crippen MR) is 85.8 cm³/mol. The third kappa shape index (κ3) is 4.45. The van der Waals surface area contributed by atoms with E-state index in [1.54, 1.807) is 45.0 Å². The molecule has 0 amide bonds. The van der Waals surface area contributed by atoms with E-state index < -0.39 is 11.9 Å². The van der Waals surface area contributed by atoms with Gasteiger partial charge in [-0.3, -0.25) is 0 Å². The minimum absolute atomic E-state index is 0.385. The molecule has 0 heterocycles. The average molecular weight is 300 g/mol. The van der Waals surface area contributed by atoms with E-state index in [-0.39, 0.29) is 0 Å². The van der Waals surface area contributed by atoms with Gasteiger partial charge in [0.1, 0.15) is 0 Å². The lowest BCUT2D eigenvalue weighted by atomic mass is 10.0. The standard InChI is InChI=1S/2C9H10O2/c1-6-3-4-8(9(10)11)7(2)5-6;1-6-4-3-5-7(2)8(6)9(10)11/h2*3-5H,1-2H3,(H,10,11). The SMILES string of the molecule is Cc1ccc(C(=O)O)c(C)c1.Cc1cccc(C)c1C(=O)O. The second-order valence-electron chi connectivity index (χ2n) is 5.20. The number of hydrogen-bond acceptors (Lipinski definition) is 2. The van der Waals surface area contributed by atoms with Gasteiger partial charge in [0.05, 0.1) is 11.1 Å². The fraction of sp³-hybridized carbons (Fsp3) is 0.222. The zero-order valence-electron chi connectivity index (χ0n) is 13.2. The van der Waals surface area contributed by atoms with Gasteiger partial charge in [0.25, 0.3) is 0 Å². The monoisotopic (exact) mass is 300 g/mol. The Morgan fingerprint density at radius 1 is 0.773 bits per heavy atom. The van der Waals surface area contributed by atoms with Crippen molar-refractivity contribution in [3.05, 3.63) is 69.8 Å². The van der Waals surface area contributed by atoms with Gasteiger partial charge in [-0.05, 0) is 50.5 Å². The lowest BCUT2D eigenvalue weighted by Gasteiger charge is -2.02. The normalized spacial score (nSPS) is 9.64. The lowest BCUT2D eigenvalue weighted by Crippen LogP contribution is -2.01. The summed E-state index contributed by atoms with van der Waals surface area (Å²) in [6, 6.07) is 10.8. The number of aromatic carboxylic acids is 2. The van der Waals surface area contributed by atoms with Gasteiger partial charge in [0.2, 0.25) is 0 Å². The first kappa shape index (κ1) is 17.4. The molecule has 4 nitrogen and oxygen atoms in total. The van der Waals surface area contributed by atoms with Gasteiger partial charge < -0.3 is 10.2 Å². The van der Waals surface area contributed by atoms with Crippen molar-refractivity contribution in [3.63, 3.8) is 0 Å². The Kier molecular flexibility index (Phi) is 5.87. The fourth-order valence-electron chi connectivity index (χ4n) is 2.21. The van der Waals surface area contributed by atoms with Gasteiger partial charge >= 0.3 is 11.9 Å². The highest BCUT2D eigenvalue weighted by Gasteiger charge is 2.08. The van der Waals surface area contributed by atoms with Crippen LogP contribution >= 0.6 is 0 Å². The largest absolute Gasteiger partial charge is 0.478 e. The van der Waals surface area contributed by atoms with Crippen molar-refractivity contribution in [2.45, 2.75) is 27.7 Å². The molecule has 0 atom stereocenters. The molecule has 0 bridgehead atoms. The molecule has 4 heteroatoms. The summed E-state index contributed by atoms with van der Waals surface area (Å²) >= 11 is 0. The van der Waals surface area contributed by atoms with Crippen molar-refractivity contribution >= 4 is 11.9 Å². The molecule has 22 heavy (non-hydrogen) atoms. The van der Waals surface area contributed by atoms with Crippen LogP contribution in [-0.4, -0.2) is 22.2 Å². The molecule has 2 rings (SSSR count). The van der Waals surface area contributed by atoms with Gasteiger partial charge in [-0.15, -0.1) is 0 Å². The third-order valence-electron chi connectivity index (χ3n) is 3.31. The van der Waals surface area contributed by atoms with Crippen LogP contribution < -0.4 is 0 Å². The molecular weight excluding hydrogens is 280 g/mol. The molecule has 0 radical (unpaired) electrons. The summed E-state index contributed by atoms with van der Waals surface area (Å²) in [7, 11) is 0. The van der Waals surface area contributed by atoms with E-state index in [2.05, 4.69) is 0 Å². The fourth-order valence-corrected chi connectivity index (χ4v) is 2.21. The molecule has 0 aliphatic heterocycles. The van der Waals surface area contributed by atoms with E-state index in [9.17, 15) is 9.59 Å². The summed E-state index contributed by atoms with van der Waals surface area (Å²) in [4.78, 5) is 21.2. The molecule has 116 valence electrons. The van der Waals surface area contributed by atoms with Crippen molar-refractivity contribution in [3.8, 4) is 0 Å². The van der Waals surface area contributed by atoms with Crippen LogP contribution in [-0.2, 0) is 0 Å². The Morgan fingerprint density at radius 3 is 1.68 bits per heavy atom. The number of carboxylic acids is 2. The summed E-state index contributed by atoms with van der Waals surface area (Å²) < 4.78 is 0. The second kappa shape index (κ2) is 7.41. The molecule has 0 aromatic heterocycles. The van der Waals surface area contributed by atoms with Gasteiger partial charge in [-0.1, -0.05) is 35.9 Å². The highest BCUT2D eigenvalue weighted by Crippen LogP contribution is 2.12. The molecule has 0 saturated heterocycles. The molecule has 2 N–H and O–H groups in total. The van der Waals surface area contributed by atoms with Crippen molar-refractivity contribution < 1.29 is 19.8 Å². The molecule has 0 fully saturated rings. The summed E-state index contributed by atoms with van der Waals surface area (Å²) in [5.41, 5.74) is 4.35. The number of benzene rings is 2. The molecule has 0 spiro atoms. The van der Waals surface area contributed by atoms with Crippen molar-refractivity contribution in [2.75, 3.05) is 0 Å². The third-order valence-corrected chi connectivity index (χ3v) is 3.31. The lowest BCUT2D eigenvalue weighted by molar-refractivity contribution is 0.0684. The van der Waals surface area contributed by atoms with Crippen LogP contribution in [0.2, 0.25) is 0 Å². The Bertz CT molecular complexity index is 682. The van der Waals surface area contributed by atoms with Gasteiger partial charge in [0, 0.05) is 0 Å². The highest BCUT2D eigenvalue weighted by molar-refractivity contribution is 5.91. The maximum Gasteiger partial charge on any atom is 0.336 e. The number of hydrogen-bond donors (Lipinski definition) is 2. The average Bonchev–Trinajstić information content (AvgIpc) is 2.38. The first-order chi connectivity index (χ1) is 10.2. The van der Waals surface area contributed by atoms with Crippen LogP contribution in [0.5, 0.6) is 0 Å². The Morgan fingerprint density at radius 2 is 1.32 bits per heavy atom. The molecule has 0 saturated carbocycles. The summed E-state index contributed by atoms with van der Waals surface area (Å²) in [6.45, 7) is 7.35. The molecular formula is C18H20O4. The van der Waals surface area contributed by atoms with Crippen LogP contribution in [0.15, 0.2) is 36.4 Å². The van der Waals surface area contributed by atoms with Crippen LogP contribution in [0.1, 0.15) is 43.0 Å². The first-order valence-corrected chi connectivity index (χ1v) is 6.84. The van der Waals surface area contributed by atoms with Gasteiger partial charge in [-0.25, -0.2) is 9.59 Å². The predicted octanol–water partition coefficient (Wildman–Crippen LogP) is 4.00. The van der Waals surface area contributed by atoms with Crippen molar-refractivity contribution in [2.24, 2.45) is 0 Å². The Balaban J connectivity index is 0.000000220. The van der Waals surface area contributed by atoms with E-state index >= 15 is 0 Å². The summed E-state index contributed by atoms with van der Waals surface area (Å²) in [5, 5.41) is 17.4. The smallest absolute Gasteiger partial charge is 0.336 e. The Labute approximate surface area is 130 Å². The number of carboxylic acid groups (broad SMARTS) is 2. The van der Waals surface area contributed by atoms with E-state index in [1.807, 2.05) is 19.1 Å². The molecule has 2 aromatic carbocycles. The second-order valence-corrected chi connectivity index (χ2v) is 5.20. The molecule has 0 aliphatic rings. The van der Waals surface area contributed by atoms with E-state index in [1.165, 1.54) is 0 Å². The van der Waals surface area contributed by atoms with Crippen molar-refractivity contribution in [1.29, 1.82) is 0 Å². The van der Waals surface area contributed by atoms with Crippen LogP contribution in [0, 0.1) is 27.7 Å². The highest BCUT2D eigenvalue weighted by atomic mass is 16.4. The van der Waals surface area contributed by atoms with Crippen LogP contribution in [0.3, 0.4) is 0 Å². The first-order valence-electron chi connectivity index (χ1n) is 6.84. The van der Waals surface area contributed by atoms with E-state index in [0.29, 0.717) is 11.1 Å². The van der Waals surface area contributed by atoms with Gasteiger partial charge in [-0.2, -0.15) is 0 Å². The number of aryl methyl sites for hydroxylation is 4. The van der Waals surface area contributed by atoms with Gasteiger partial charge in [0.15, 0.2) is 0 Å². The Hall–Kier alpha value is -2.62. The topological polar surface area (TPSA) is 74.6 Å². The number of carbonyl (C=O) groups is 2.